The highest BCUT2D eigenvalue weighted by Gasteiger charge is 2.27. The van der Waals surface area contributed by atoms with Crippen LogP contribution in [0.5, 0.6) is 0 Å². The molecule has 0 radical (unpaired) electrons. The van der Waals surface area contributed by atoms with E-state index in [1.165, 1.54) is 0 Å². The van der Waals surface area contributed by atoms with Crippen LogP contribution >= 0.6 is 0 Å². The Bertz CT molecular complexity index is 171. The van der Waals surface area contributed by atoms with Crippen molar-refractivity contribution in [2.75, 3.05) is 20.1 Å². The lowest BCUT2D eigenvalue weighted by molar-refractivity contribution is 0.0802. The van der Waals surface area contributed by atoms with Crippen molar-refractivity contribution in [1.29, 1.82) is 0 Å². The van der Waals surface area contributed by atoms with Gasteiger partial charge < -0.3 is 10.6 Å². The molecule has 0 saturated carbocycles. The van der Waals surface area contributed by atoms with Gasteiger partial charge in [-0.3, -0.25) is 4.90 Å². The molecule has 0 aliphatic carbocycles. The fourth-order valence-electron chi connectivity index (χ4n) is 1.58. The summed E-state index contributed by atoms with van der Waals surface area (Å²) in [4.78, 5) is 14.8. The Morgan fingerprint density at radius 2 is 1.75 bits per heavy atom. The van der Waals surface area contributed by atoms with Crippen LogP contribution in [0.1, 0.15) is 13.8 Å². The van der Waals surface area contributed by atoms with Crippen molar-refractivity contribution in [3.05, 3.63) is 0 Å². The molecule has 2 atom stereocenters. The van der Waals surface area contributed by atoms with Crippen molar-refractivity contribution in [2.24, 2.45) is 5.73 Å². The molecule has 0 aromatic rings. The fraction of sp³-hybridized carbons (Fsp3) is 0.875. The molecule has 0 aromatic heterocycles. The number of urea groups is 1. The lowest BCUT2D eigenvalue weighted by atomic mass is 10.1. The molecule has 2 amide bonds. The summed E-state index contributed by atoms with van der Waals surface area (Å²) in [5.74, 6) is 0. The molecule has 1 fully saturated rings. The maximum Gasteiger partial charge on any atom is 0.314 e. The van der Waals surface area contributed by atoms with Gasteiger partial charge in [-0.1, -0.05) is 0 Å². The molecule has 70 valence electrons. The number of likely N-dealkylation sites (N-methyl/N-ethyl adjacent to an activating group) is 1. The van der Waals surface area contributed by atoms with Gasteiger partial charge in [-0.05, 0) is 20.9 Å². The van der Waals surface area contributed by atoms with E-state index in [9.17, 15) is 4.79 Å². The van der Waals surface area contributed by atoms with Crippen LogP contribution in [0.25, 0.3) is 0 Å². The average Bonchev–Trinajstić information content (AvgIpc) is 1.99. The summed E-state index contributed by atoms with van der Waals surface area (Å²) < 4.78 is 0. The Morgan fingerprint density at radius 3 is 2.08 bits per heavy atom. The number of hydrogen-bond donors (Lipinski definition) is 1. The van der Waals surface area contributed by atoms with E-state index in [-0.39, 0.29) is 6.03 Å². The normalized spacial score (nSPS) is 32.1. The minimum absolute atomic E-state index is 0.304. The predicted molar refractivity (Wildman–Crippen MR) is 47.8 cm³/mol. The Balaban J connectivity index is 2.59. The lowest BCUT2D eigenvalue weighted by Gasteiger charge is -2.41. The number of hydrogen-bond acceptors (Lipinski definition) is 2. The van der Waals surface area contributed by atoms with E-state index < -0.39 is 0 Å². The second kappa shape index (κ2) is 3.31. The summed E-state index contributed by atoms with van der Waals surface area (Å²) in [5.41, 5.74) is 5.21. The molecule has 2 N–H and O–H groups in total. The van der Waals surface area contributed by atoms with Gasteiger partial charge in [0.15, 0.2) is 0 Å². The number of nitrogens with zero attached hydrogens (tertiary/aromatic N) is 2. The van der Waals surface area contributed by atoms with Gasteiger partial charge in [0.1, 0.15) is 0 Å². The second-order valence-electron chi connectivity index (χ2n) is 3.61. The number of carbonyl (C=O) groups excluding carboxylic acids is 1. The molecule has 0 bridgehead atoms. The molecule has 0 spiro atoms. The van der Waals surface area contributed by atoms with Crippen LogP contribution in [-0.2, 0) is 0 Å². The highest BCUT2D eigenvalue weighted by Crippen LogP contribution is 2.12. The van der Waals surface area contributed by atoms with E-state index in [2.05, 4.69) is 25.8 Å². The van der Waals surface area contributed by atoms with Crippen LogP contribution in [0.15, 0.2) is 0 Å². The largest absolute Gasteiger partial charge is 0.351 e. The number of carbonyl (C=O) groups is 1. The Kier molecular flexibility index (Phi) is 2.57. The minimum atomic E-state index is -0.304. The first-order valence-corrected chi connectivity index (χ1v) is 4.28. The number of primary amides is 1. The van der Waals surface area contributed by atoms with Gasteiger partial charge in [-0.25, -0.2) is 4.79 Å². The van der Waals surface area contributed by atoms with Gasteiger partial charge in [0.25, 0.3) is 0 Å². The molecule has 0 aromatic carbocycles. The lowest BCUT2D eigenvalue weighted by Crippen LogP contribution is -2.57. The molecular formula is C8H17N3O. The monoisotopic (exact) mass is 171 g/mol. The Hall–Kier alpha value is -0.770. The van der Waals surface area contributed by atoms with E-state index >= 15 is 0 Å². The summed E-state index contributed by atoms with van der Waals surface area (Å²) in [5, 5.41) is 0. The summed E-state index contributed by atoms with van der Waals surface area (Å²) in [7, 11) is 2.08. The SMILES string of the molecule is CC1CN(C(N)=O)CC(C)N1C. The zero-order chi connectivity index (χ0) is 9.30. The van der Waals surface area contributed by atoms with Crippen molar-refractivity contribution < 1.29 is 4.79 Å². The first kappa shape index (κ1) is 9.32. The average molecular weight is 171 g/mol. The smallest absolute Gasteiger partial charge is 0.314 e. The third-order valence-electron chi connectivity index (χ3n) is 2.67. The first-order valence-electron chi connectivity index (χ1n) is 4.28. The number of amides is 2. The molecule has 4 nitrogen and oxygen atoms in total. The second-order valence-corrected chi connectivity index (χ2v) is 3.61. The molecule has 1 heterocycles. The first-order chi connectivity index (χ1) is 5.52. The summed E-state index contributed by atoms with van der Waals surface area (Å²) in [6, 6.07) is 0.504. The zero-order valence-corrected chi connectivity index (χ0v) is 7.95. The van der Waals surface area contributed by atoms with E-state index in [0.29, 0.717) is 12.1 Å². The standard InChI is InChI=1S/C8H17N3O/c1-6-4-11(8(9)12)5-7(2)10(6)3/h6-7H,4-5H2,1-3H3,(H2,9,12). The number of rotatable bonds is 0. The summed E-state index contributed by atoms with van der Waals surface area (Å²) in [6.07, 6.45) is 0. The van der Waals surface area contributed by atoms with E-state index in [4.69, 9.17) is 5.73 Å². The highest BCUT2D eigenvalue weighted by atomic mass is 16.2. The third-order valence-corrected chi connectivity index (χ3v) is 2.67. The van der Waals surface area contributed by atoms with Gasteiger partial charge >= 0.3 is 6.03 Å². The van der Waals surface area contributed by atoms with Crippen LogP contribution in [0, 0.1) is 0 Å². The molecule has 1 aliphatic heterocycles. The molecule has 1 rings (SSSR count). The van der Waals surface area contributed by atoms with E-state index in [1.807, 2.05) is 0 Å². The van der Waals surface area contributed by atoms with Crippen molar-refractivity contribution in [2.45, 2.75) is 25.9 Å². The topological polar surface area (TPSA) is 49.6 Å². The van der Waals surface area contributed by atoms with Crippen molar-refractivity contribution >= 4 is 6.03 Å². The van der Waals surface area contributed by atoms with Crippen molar-refractivity contribution in [3.8, 4) is 0 Å². The van der Waals surface area contributed by atoms with E-state index in [0.717, 1.165) is 13.1 Å². The van der Waals surface area contributed by atoms with Crippen LogP contribution in [0.4, 0.5) is 4.79 Å². The molecule has 2 unspecified atom stereocenters. The van der Waals surface area contributed by atoms with Crippen LogP contribution in [0.3, 0.4) is 0 Å². The van der Waals surface area contributed by atoms with Gasteiger partial charge in [-0.2, -0.15) is 0 Å². The molecule has 12 heavy (non-hydrogen) atoms. The molecular weight excluding hydrogens is 154 g/mol. The zero-order valence-electron chi connectivity index (χ0n) is 7.95. The van der Waals surface area contributed by atoms with E-state index in [1.54, 1.807) is 4.90 Å². The highest BCUT2D eigenvalue weighted by molar-refractivity contribution is 5.72. The van der Waals surface area contributed by atoms with Gasteiger partial charge in [-0.15, -0.1) is 0 Å². The summed E-state index contributed by atoms with van der Waals surface area (Å²) >= 11 is 0. The maximum atomic E-state index is 10.9. The molecule has 1 saturated heterocycles. The fourth-order valence-corrected chi connectivity index (χ4v) is 1.58. The Labute approximate surface area is 73.3 Å². The van der Waals surface area contributed by atoms with Gasteiger partial charge in [0.05, 0.1) is 0 Å². The predicted octanol–water partition coefficient (Wildman–Crippen LogP) is 0.0895. The molecule has 4 heteroatoms. The minimum Gasteiger partial charge on any atom is -0.351 e. The van der Waals surface area contributed by atoms with Crippen LogP contribution in [-0.4, -0.2) is 48.1 Å². The van der Waals surface area contributed by atoms with Crippen LogP contribution in [0.2, 0.25) is 0 Å². The Morgan fingerprint density at radius 1 is 1.33 bits per heavy atom. The third kappa shape index (κ3) is 1.69. The van der Waals surface area contributed by atoms with Gasteiger partial charge in [0, 0.05) is 25.2 Å². The van der Waals surface area contributed by atoms with Crippen molar-refractivity contribution in [3.63, 3.8) is 0 Å². The van der Waals surface area contributed by atoms with Crippen LogP contribution < -0.4 is 5.73 Å². The van der Waals surface area contributed by atoms with Gasteiger partial charge in [0.2, 0.25) is 0 Å². The quantitative estimate of drug-likeness (QED) is 0.561. The number of piperazine rings is 1. The number of nitrogens with two attached hydrogens (primary N) is 1. The van der Waals surface area contributed by atoms with Crippen molar-refractivity contribution in [1.82, 2.24) is 9.80 Å². The maximum absolute atomic E-state index is 10.9. The summed E-state index contributed by atoms with van der Waals surface area (Å²) in [6.45, 7) is 5.70. The molecule has 1 aliphatic rings.